The summed E-state index contributed by atoms with van der Waals surface area (Å²) in [6.45, 7) is 0.934. The Balaban J connectivity index is 1.58. The number of carbonyl (C=O) groups is 1. The third-order valence-corrected chi connectivity index (χ3v) is 4.38. The average molecular weight is 383 g/mol. The van der Waals surface area contributed by atoms with Crippen LogP contribution in [0.25, 0.3) is 0 Å². The van der Waals surface area contributed by atoms with E-state index in [2.05, 4.69) is 0 Å². The smallest absolute Gasteiger partial charge is 0.416 e. The number of carboxylic acids is 1. The zero-order chi connectivity index (χ0) is 19.6. The van der Waals surface area contributed by atoms with Gasteiger partial charge in [-0.25, -0.2) is 4.39 Å². The number of aliphatic carboxylic acids is 1. The number of nitrogens with zero attached hydrogens (tertiary/aromatic N) is 1. The van der Waals surface area contributed by atoms with E-state index in [1.165, 1.54) is 24.3 Å². The summed E-state index contributed by atoms with van der Waals surface area (Å²) in [7, 11) is 0. The number of benzene rings is 2. The maximum absolute atomic E-state index is 14.2. The van der Waals surface area contributed by atoms with E-state index in [-0.39, 0.29) is 12.4 Å². The lowest BCUT2D eigenvalue weighted by Crippen LogP contribution is -2.49. The van der Waals surface area contributed by atoms with Crippen molar-refractivity contribution in [2.24, 2.45) is 5.92 Å². The van der Waals surface area contributed by atoms with Crippen molar-refractivity contribution in [2.75, 3.05) is 13.1 Å². The molecular weight excluding hydrogens is 366 g/mol. The minimum Gasteiger partial charge on any atom is -0.489 e. The molecule has 0 saturated carbocycles. The Hall–Kier alpha value is -2.61. The summed E-state index contributed by atoms with van der Waals surface area (Å²) in [4.78, 5) is 12.6. The summed E-state index contributed by atoms with van der Waals surface area (Å²) in [6.07, 6.45) is -4.43. The predicted molar refractivity (Wildman–Crippen MR) is 88.6 cm³/mol. The molecule has 0 radical (unpaired) electrons. The van der Waals surface area contributed by atoms with E-state index in [0.717, 1.165) is 12.1 Å². The number of likely N-dealkylation sites (tertiary alicyclic amines) is 1. The molecule has 0 amide bonds. The van der Waals surface area contributed by atoms with Crippen LogP contribution in [0.2, 0.25) is 0 Å². The summed E-state index contributed by atoms with van der Waals surface area (Å²) in [5.74, 6) is -1.57. The van der Waals surface area contributed by atoms with E-state index in [1.54, 1.807) is 6.07 Å². The Labute approximate surface area is 153 Å². The Morgan fingerprint density at radius 3 is 2.56 bits per heavy atom. The summed E-state index contributed by atoms with van der Waals surface area (Å²) in [6, 6.07) is 9.02. The van der Waals surface area contributed by atoms with Crippen molar-refractivity contribution in [1.29, 1.82) is 0 Å². The molecule has 1 fully saturated rings. The van der Waals surface area contributed by atoms with Gasteiger partial charge in [0.25, 0.3) is 0 Å². The van der Waals surface area contributed by atoms with Gasteiger partial charge in [0.1, 0.15) is 18.2 Å². The maximum atomic E-state index is 14.2. The molecule has 2 aromatic rings. The maximum Gasteiger partial charge on any atom is 0.416 e. The topological polar surface area (TPSA) is 49.8 Å². The number of halogens is 4. The van der Waals surface area contributed by atoms with Gasteiger partial charge in [-0.3, -0.25) is 9.69 Å². The number of ether oxygens (including phenoxy) is 1. The van der Waals surface area contributed by atoms with Gasteiger partial charge in [0.2, 0.25) is 0 Å². The van der Waals surface area contributed by atoms with Gasteiger partial charge < -0.3 is 9.84 Å². The van der Waals surface area contributed by atoms with Crippen LogP contribution in [0, 0.1) is 11.7 Å². The fraction of sp³-hybridized carbons (Fsp3) is 0.316. The molecule has 0 atom stereocenters. The van der Waals surface area contributed by atoms with Gasteiger partial charge in [-0.05, 0) is 23.8 Å². The third-order valence-electron chi connectivity index (χ3n) is 4.38. The van der Waals surface area contributed by atoms with Crippen molar-refractivity contribution in [3.05, 3.63) is 65.0 Å². The monoisotopic (exact) mass is 383 g/mol. The van der Waals surface area contributed by atoms with Gasteiger partial charge in [0.15, 0.2) is 0 Å². The summed E-state index contributed by atoms with van der Waals surface area (Å²) in [5.41, 5.74) is -0.0285. The second-order valence-electron chi connectivity index (χ2n) is 6.47. The van der Waals surface area contributed by atoms with Crippen LogP contribution >= 0.6 is 0 Å². The van der Waals surface area contributed by atoms with Crippen molar-refractivity contribution >= 4 is 5.97 Å². The zero-order valence-corrected chi connectivity index (χ0v) is 14.2. The van der Waals surface area contributed by atoms with E-state index >= 15 is 0 Å². The fourth-order valence-electron chi connectivity index (χ4n) is 2.85. The molecule has 3 rings (SSSR count). The summed E-state index contributed by atoms with van der Waals surface area (Å²) >= 11 is 0. The Morgan fingerprint density at radius 1 is 1.19 bits per heavy atom. The van der Waals surface area contributed by atoms with Crippen LogP contribution in [0.15, 0.2) is 42.5 Å². The molecule has 0 unspecified atom stereocenters. The molecule has 1 aliphatic heterocycles. The second-order valence-corrected chi connectivity index (χ2v) is 6.47. The van der Waals surface area contributed by atoms with Gasteiger partial charge in [-0.1, -0.05) is 18.2 Å². The molecule has 0 aromatic heterocycles. The van der Waals surface area contributed by atoms with Crippen molar-refractivity contribution in [1.82, 2.24) is 4.90 Å². The summed E-state index contributed by atoms with van der Waals surface area (Å²) in [5, 5.41) is 8.84. The molecule has 2 aromatic carbocycles. The van der Waals surface area contributed by atoms with Gasteiger partial charge in [-0.15, -0.1) is 0 Å². The highest BCUT2D eigenvalue weighted by Crippen LogP contribution is 2.30. The highest BCUT2D eigenvalue weighted by Gasteiger charge is 2.32. The van der Waals surface area contributed by atoms with E-state index in [0.29, 0.717) is 30.8 Å². The minimum absolute atomic E-state index is 0.116. The average Bonchev–Trinajstić information content (AvgIpc) is 2.56. The van der Waals surface area contributed by atoms with Gasteiger partial charge in [-0.2, -0.15) is 13.2 Å². The van der Waals surface area contributed by atoms with Gasteiger partial charge in [0.05, 0.1) is 11.5 Å². The normalized spacial score (nSPS) is 15.4. The molecule has 1 saturated heterocycles. The van der Waals surface area contributed by atoms with Crippen molar-refractivity contribution in [3.63, 3.8) is 0 Å². The van der Waals surface area contributed by atoms with Crippen LogP contribution < -0.4 is 4.74 Å². The lowest BCUT2D eigenvalue weighted by atomic mass is 9.99. The molecular formula is C19H17F4NO3. The SMILES string of the molecule is O=C(O)C1CN(Cc2ccc(OCc3cccc(C(F)(F)F)c3)cc2F)C1. The number of hydrogen-bond acceptors (Lipinski definition) is 3. The number of carboxylic acid groups (broad SMARTS) is 1. The Morgan fingerprint density at radius 2 is 1.93 bits per heavy atom. The standard InChI is InChI=1S/C19H17F4NO3/c20-17-7-16(5-4-13(17)8-24-9-14(10-24)18(25)26)27-11-12-2-1-3-15(6-12)19(21,22)23/h1-7,14H,8-11H2,(H,25,26). The summed E-state index contributed by atoms with van der Waals surface area (Å²) < 4.78 is 57.7. The predicted octanol–water partition coefficient (Wildman–Crippen LogP) is 3.94. The first kappa shape index (κ1) is 19.2. The fourth-order valence-corrected chi connectivity index (χ4v) is 2.85. The first-order valence-corrected chi connectivity index (χ1v) is 8.25. The molecule has 1 N–H and O–H groups in total. The molecule has 4 nitrogen and oxygen atoms in total. The van der Waals surface area contributed by atoms with Gasteiger partial charge >= 0.3 is 12.1 Å². The van der Waals surface area contributed by atoms with E-state index in [9.17, 15) is 22.4 Å². The molecule has 0 bridgehead atoms. The minimum atomic E-state index is -4.43. The lowest BCUT2D eigenvalue weighted by molar-refractivity contribution is -0.147. The lowest BCUT2D eigenvalue weighted by Gasteiger charge is -2.36. The highest BCUT2D eigenvalue weighted by atomic mass is 19.4. The first-order chi connectivity index (χ1) is 12.7. The van der Waals surface area contributed by atoms with E-state index in [4.69, 9.17) is 9.84 Å². The van der Waals surface area contributed by atoms with Crippen LogP contribution in [-0.4, -0.2) is 29.1 Å². The Bertz CT molecular complexity index is 832. The highest BCUT2D eigenvalue weighted by molar-refractivity contribution is 5.71. The van der Waals surface area contributed by atoms with Crippen molar-refractivity contribution < 1.29 is 32.2 Å². The Kier molecular flexibility index (Phi) is 5.36. The zero-order valence-electron chi connectivity index (χ0n) is 14.2. The van der Waals surface area contributed by atoms with Crippen molar-refractivity contribution in [2.45, 2.75) is 19.3 Å². The molecule has 0 spiro atoms. The third kappa shape index (κ3) is 4.77. The van der Waals surface area contributed by atoms with E-state index in [1.807, 2.05) is 4.90 Å². The van der Waals surface area contributed by atoms with Crippen LogP contribution in [0.5, 0.6) is 5.75 Å². The second kappa shape index (κ2) is 7.56. The molecule has 1 heterocycles. The quantitative estimate of drug-likeness (QED) is 0.768. The van der Waals surface area contributed by atoms with Gasteiger partial charge in [0, 0.05) is 31.3 Å². The van der Waals surface area contributed by atoms with Crippen LogP contribution in [0.4, 0.5) is 17.6 Å². The van der Waals surface area contributed by atoms with Crippen LogP contribution in [0.1, 0.15) is 16.7 Å². The number of hydrogen-bond donors (Lipinski definition) is 1. The number of alkyl halides is 3. The number of rotatable bonds is 6. The molecule has 8 heteroatoms. The largest absolute Gasteiger partial charge is 0.489 e. The molecule has 1 aliphatic rings. The van der Waals surface area contributed by atoms with Crippen molar-refractivity contribution in [3.8, 4) is 5.75 Å². The molecule has 144 valence electrons. The van der Waals surface area contributed by atoms with Crippen LogP contribution in [0.3, 0.4) is 0 Å². The molecule has 27 heavy (non-hydrogen) atoms. The molecule has 0 aliphatic carbocycles. The van der Waals surface area contributed by atoms with Crippen LogP contribution in [-0.2, 0) is 24.1 Å². The van der Waals surface area contributed by atoms with E-state index < -0.39 is 29.4 Å². The first-order valence-electron chi connectivity index (χ1n) is 8.25.